The second-order valence-corrected chi connectivity index (χ2v) is 7.90. The highest BCUT2D eigenvalue weighted by molar-refractivity contribution is 7.94. The van der Waals surface area contributed by atoms with E-state index < -0.39 is 15.9 Å². The maximum absolute atomic E-state index is 13.1. The lowest BCUT2D eigenvalue weighted by Crippen LogP contribution is -2.41. The van der Waals surface area contributed by atoms with Crippen molar-refractivity contribution >= 4 is 21.4 Å². The molecule has 0 N–H and O–H groups in total. The van der Waals surface area contributed by atoms with Gasteiger partial charge in [-0.3, -0.25) is 4.79 Å². The molecule has 5 nitrogen and oxygen atoms in total. The van der Waals surface area contributed by atoms with Crippen LogP contribution in [0.25, 0.3) is 0 Å². The number of amides is 1. The van der Waals surface area contributed by atoms with Gasteiger partial charge in [0.15, 0.2) is 9.84 Å². The Morgan fingerprint density at radius 2 is 1.88 bits per heavy atom. The molecule has 1 heterocycles. The number of anilines is 1. The van der Waals surface area contributed by atoms with Crippen molar-refractivity contribution in [3.05, 3.63) is 71.1 Å². The van der Waals surface area contributed by atoms with Crippen LogP contribution in [0, 0.1) is 6.92 Å². The number of sulfone groups is 1. The molecule has 1 amide bonds. The fourth-order valence-corrected chi connectivity index (χ4v) is 4.11. The zero-order valence-electron chi connectivity index (χ0n) is 14.0. The Hall–Kier alpha value is -2.60. The van der Waals surface area contributed by atoms with Crippen molar-refractivity contribution in [3.8, 4) is 5.75 Å². The van der Waals surface area contributed by atoms with Crippen LogP contribution >= 0.6 is 0 Å². The van der Waals surface area contributed by atoms with E-state index in [0.29, 0.717) is 17.0 Å². The van der Waals surface area contributed by atoms with E-state index in [-0.39, 0.29) is 11.7 Å². The normalized spacial score (nSPS) is 18.1. The fourth-order valence-electron chi connectivity index (χ4n) is 2.84. The molecular formula is C19H19NO4S. The quantitative estimate of drug-likeness (QED) is 0.844. The predicted molar refractivity (Wildman–Crippen MR) is 97.7 cm³/mol. The van der Waals surface area contributed by atoms with Crippen molar-refractivity contribution in [3.63, 3.8) is 0 Å². The smallest absolute Gasteiger partial charge is 0.258 e. The van der Waals surface area contributed by atoms with Gasteiger partial charge in [0.25, 0.3) is 5.91 Å². The zero-order valence-corrected chi connectivity index (χ0v) is 14.9. The lowest BCUT2D eigenvalue weighted by atomic mass is 10.1. The number of rotatable bonds is 4. The molecule has 3 rings (SSSR count). The maximum atomic E-state index is 13.1. The van der Waals surface area contributed by atoms with E-state index in [2.05, 4.69) is 0 Å². The minimum Gasteiger partial charge on any atom is -0.497 e. The SMILES string of the molecule is COc1ccc(N(C(=O)c2cccc(C)c2)C2C=CS(=O)(=O)C2)cc1. The van der Waals surface area contributed by atoms with Crippen LogP contribution in [0.5, 0.6) is 5.75 Å². The largest absolute Gasteiger partial charge is 0.497 e. The molecule has 0 radical (unpaired) electrons. The van der Waals surface area contributed by atoms with E-state index in [1.165, 1.54) is 10.3 Å². The van der Waals surface area contributed by atoms with Crippen LogP contribution in [0.2, 0.25) is 0 Å². The molecule has 130 valence electrons. The molecule has 0 saturated carbocycles. The molecule has 0 saturated heterocycles. The molecule has 0 spiro atoms. The van der Waals surface area contributed by atoms with E-state index in [4.69, 9.17) is 4.74 Å². The molecular weight excluding hydrogens is 338 g/mol. The summed E-state index contributed by atoms with van der Waals surface area (Å²) in [4.78, 5) is 14.6. The number of methoxy groups -OCH3 is 1. The minimum absolute atomic E-state index is 0.114. The Morgan fingerprint density at radius 3 is 2.44 bits per heavy atom. The van der Waals surface area contributed by atoms with Crippen LogP contribution in [0.1, 0.15) is 15.9 Å². The van der Waals surface area contributed by atoms with Crippen LogP contribution in [0.3, 0.4) is 0 Å². The number of carbonyl (C=O) groups excluding carboxylic acids is 1. The molecule has 1 atom stereocenters. The molecule has 2 aromatic rings. The summed E-state index contributed by atoms with van der Waals surface area (Å²) in [7, 11) is -1.72. The van der Waals surface area contributed by atoms with Gasteiger partial charge in [0.05, 0.1) is 18.9 Å². The van der Waals surface area contributed by atoms with E-state index >= 15 is 0 Å². The number of benzene rings is 2. The summed E-state index contributed by atoms with van der Waals surface area (Å²) < 4.78 is 28.8. The molecule has 25 heavy (non-hydrogen) atoms. The lowest BCUT2D eigenvalue weighted by molar-refractivity contribution is 0.0983. The van der Waals surface area contributed by atoms with Crippen molar-refractivity contribution in [2.45, 2.75) is 13.0 Å². The average Bonchev–Trinajstić information content (AvgIpc) is 2.95. The number of hydrogen-bond acceptors (Lipinski definition) is 4. The standard InChI is InChI=1S/C19H19NO4S/c1-14-4-3-5-15(12-14)19(21)20(17-10-11-25(22,23)13-17)16-6-8-18(24-2)9-7-16/h3-12,17H,13H2,1-2H3. The molecule has 1 unspecified atom stereocenters. The summed E-state index contributed by atoms with van der Waals surface area (Å²) in [6.07, 6.45) is 1.56. The Bertz CT molecular complexity index is 917. The summed E-state index contributed by atoms with van der Waals surface area (Å²) in [6, 6.07) is 13.7. The first kappa shape index (κ1) is 17.2. The summed E-state index contributed by atoms with van der Waals surface area (Å²) in [5, 5.41) is 1.18. The van der Waals surface area contributed by atoms with Crippen LogP contribution in [0.4, 0.5) is 5.69 Å². The van der Waals surface area contributed by atoms with Gasteiger partial charge < -0.3 is 9.64 Å². The number of nitrogens with zero attached hydrogens (tertiary/aromatic N) is 1. The number of aryl methyl sites for hydroxylation is 1. The Labute approximate surface area is 147 Å². The van der Waals surface area contributed by atoms with Gasteiger partial charge in [-0.05, 0) is 49.4 Å². The highest BCUT2D eigenvalue weighted by Gasteiger charge is 2.32. The van der Waals surface area contributed by atoms with Crippen molar-refractivity contribution in [1.29, 1.82) is 0 Å². The molecule has 6 heteroatoms. The van der Waals surface area contributed by atoms with Gasteiger partial charge in [0.2, 0.25) is 0 Å². The highest BCUT2D eigenvalue weighted by Crippen LogP contribution is 2.27. The zero-order chi connectivity index (χ0) is 18.0. The van der Waals surface area contributed by atoms with Gasteiger partial charge in [-0.25, -0.2) is 8.42 Å². The van der Waals surface area contributed by atoms with E-state index in [0.717, 1.165) is 5.56 Å². The molecule has 1 aliphatic rings. The first-order valence-electron chi connectivity index (χ1n) is 7.85. The summed E-state index contributed by atoms with van der Waals surface area (Å²) in [5.74, 6) is 0.318. The van der Waals surface area contributed by atoms with Crippen molar-refractivity contribution < 1.29 is 17.9 Å². The summed E-state index contributed by atoms with van der Waals surface area (Å²) in [6.45, 7) is 1.91. The van der Waals surface area contributed by atoms with Crippen molar-refractivity contribution in [2.24, 2.45) is 0 Å². The van der Waals surface area contributed by atoms with Crippen LogP contribution in [-0.2, 0) is 9.84 Å². The average molecular weight is 357 g/mol. The van der Waals surface area contributed by atoms with E-state index in [1.54, 1.807) is 49.6 Å². The van der Waals surface area contributed by atoms with E-state index in [9.17, 15) is 13.2 Å². The molecule has 1 aliphatic heterocycles. The number of carbonyl (C=O) groups is 1. The van der Waals surface area contributed by atoms with Crippen LogP contribution in [-0.4, -0.2) is 33.2 Å². The van der Waals surface area contributed by atoms with Gasteiger partial charge in [-0.15, -0.1) is 0 Å². The number of ether oxygens (including phenoxy) is 1. The van der Waals surface area contributed by atoms with Gasteiger partial charge in [0, 0.05) is 16.7 Å². The Kier molecular flexibility index (Phi) is 4.63. The molecule has 0 aliphatic carbocycles. The summed E-state index contributed by atoms with van der Waals surface area (Å²) >= 11 is 0. The number of hydrogen-bond donors (Lipinski definition) is 0. The minimum atomic E-state index is -3.28. The first-order valence-corrected chi connectivity index (χ1v) is 9.56. The van der Waals surface area contributed by atoms with Gasteiger partial charge >= 0.3 is 0 Å². The predicted octanol–water partition coefficient (Wildman–Crippen LogP) is 2.96. The third-order valence-electron chi connectivity index (χ3n) is 4.08. The summed E-state index contributed by atoms with van der Waals surface area (Å²) in [5.41, 5.74) is 2.11. The van der Waals surface area contributed by atoms with E-state index in [1.807, 2.05) is 19.1 Å². The van der Waals surface area contributed by atoms with Crippen LogP contribution < -0.4 is 9.64 Å². The third kappa shape index (κ3) is 3.74. The second-order valence-electron chi connectivity index (χ2n) is 5.97. The lowest BCUT2D eigenvalue weighted by Gasteiger charge is -2.28. The molecule has 0 aromatic heterocycles. The maximum Gasteiger partial charge on any atom is 0.258 e. The molecule has 0 bridgehead atoms. The Morgan fingerprint density at radius 1 is 1.16 bits per heavy atom. The second kappa shape index (κ2) is 6.72. The fraction of sp³-hybridized carbons (Fsp3) is 0.211. The van der Waals surface area contributed by atoms with Gasteiger partial charge in [-0.2, -0.15) is 0 Å². The first-order chi connectivity index (χ1) is 11.9. The highest BCUT2D eigenvalue weighted by atomic mass is 32.2. The third-order valence-corrected chi connectivity index (χ3v) is 5.46. The van der Waals surface area contributed by atoms with Crippen molar-refractivity contribution in [1.82, 2.24) is 0 Å². The Balaban J connectivity index is 2.02. The molecule has 2 aromatic carbocycles. The van der Waals surface area contributed by atoms with Crippen LogP contribution in [0.15, 0.2) is 60.0 Å². The van der Waals surface area contributed by atoms with Gasteiger partial charge in [0.1, 0.15) is 5.75 Å². The van der Waals surface area contributed by atoms with Crippen molar-refractivity contribution in [2.75, 3.05) is 17.8 Å². The molecule has 0 fully saturated rings. The topological polar surface area (TPSA) is 63.7 Å². The monoisotopic (exact) mass is 357 g/mol. The van der Waals surface area contributed by atoms with Gasteiger partial charge in [-0.1, -0.05) is 17.7 Å².